The predicted molar refractivity (Wildman–Crippen MR) is 124 cm³/mol. The Kier molecular flexibility index (Phi) is 6.80. The van der Waals surface area contributed by atoms with Crippen molar-refractivity contribution in [2.75, 3.05) is 18.2 Å². The number of rotatable bonds is 7. The Morgan fingerprint density at radius 1 is 1.00 bits per heavy atom. The zero-order chi connectivity index (χ0) is 23.2. The number of esters is 1. The Morgan fingerprint density at radius 3 is 2.52 bits per heavy atom. The largest absolute Gasteiger partial charge is 0.465 e. The molecule has 0 unspecified atom stereocenters. The van der Waals surface area contributed by atoms with Crippen LogP contribution >= 0.6 is 11.8 Å². The highest BCUT2D eigenvalue weighted by Gasteiger charge is 2.19. The van der Waals surface area contributed by atoms with Crippen LogP contribution in [0.25, 0.3) is 17.1 Å². The van der Waals surface area contributed by atoms with Gasteiger partial charge in [-0.2, -0.15) is 0 Å². The van der Waals surface area contributed by atoms with E-state index in [0.29, 0.717) is 27.8 Å². The van der Waals surface area contributed by atoms with Gasteiger partial charge in [-0.05, 0) is 42.5 Å². The molecule has 0 bridgehead atoms. The van der Waals surface area contributed by atoms with Crippen molar-refractivity contribution in [3.05, 3.63) is 90.2 Å². The van der Waals surface area contributed by atoms with Gasteiger partial charge in [0, 0.05) is 11.4 Å². The summed E-state index contributed by atoms with van der Waals surface area (Å²) in [5, 5.41) is 11.6. The van der Waals surface area contributed by atoms with Crippen molar-refractivity contribution in [2.45, 2.75) is 5.16 Å². The molecule has 0 radical (unpaired) electrons. The van der Waals surface area contributed by atoms with Crippen LogP contribution in [0.15, 0.2) is 84.0 Å². The summed E-state index contributed by atoms with van der Waals surface area (Å²) in [6.07, 6.45) is 0. The quantitative estimate of drug-likeness (QED) is 0.319. The molecule has 4 rings (SSSR count). The summed E-state index contributed by atoms with van der Waals surface area (Å²) in [7, 11) is 1.29. The number of amides is 1. The van der Waals surface area contributed by atoms with Gasteiger partial charge < -0.3 is 10.1 Å². The lowest BCUT2D eigenvalue weighted by molar-refractivity contribution is -0.113. The number of methoxy groups -OCH3 is 1. The second kappa shape index (κ2) is 10.1. The number of para-hydroxylation sites is 1. The molecule has 4 aromatic rings. The third-order valence-electron chi connectivity index (χ3n) is 4.66. The number of nitrogens with zero attached hydrogens (tertiary/aromatic N) is 3. The number of benzene rings is 3. The molecule has 0 saturated heterocycles. The second-order valence-electron chi connectivity index (χ2n) is 6.87. The first-order valence-corrected chi connectivity index (χ1v) is 10.9. The molecule has 0 aliphatic heterocycles. The Bertz CT molecular complexity index is 1290. The van der Waals surface area contributed by atoms with Crippen molar-refractivity contribution in [3.8, 4) is 17.1 Å². The minimum absolute atomic E-state index is 0.0324. The zero-order valence-electron chi connectivity index (χ0n) is 17.6. The van der Waals surface area contributed by atoms with E-state index in [4.69, 9.17) is 4.74 Å². The van der Waals surface area contributed by atoms with Crippen molar-refractivity contribution in [1.29, 1.82) is 0 Å². The van der Waals surface area contributed by atoms with Crippen molar-refractivity contribution in [3.63, 3.8) is 0 Å². The average Bonchev–Trinajstić information content (AvgIpc) is 3.27. The van der Waals surface area contributed by atoms with Gasteiger partial charge >= 0.3 is 5.97 Å². The molecule has 1 N–H and O–H groups in total. The van der Waals surface area contributed by atoms with Crippen molar-refractivity contribution >= 4 is 29.3 Å². The molecular weight excluding hydrogens is 443 g/mol. The normalized spacial score (nSPS) is 10.6. The minimum Gasteiger partial charge on any atom is -0.465 e. The number of aromatic nitrogens is 3. The van der Waals surface area contributed by atoms with Gasteiger partial charge in [0.15, 0.2) is 11.0 Å². The van der Waals surface area contributed by atoms with E-state index in [1.54, 1.807) is 41.0 Å². The van der Waals surface area contributed by atoms with Gasteiger partial charge in [-0.3, -0.25) is 9.36 Å². The zero-order valence-corrected chi connectivity index (χ0v) is 18.4. The first-order chi connectivity index (χ1) is 16.1. The second-order valence-corrected chi connectivity index (χ2v) is 7.81. The van der Waals surface area contributed by atoms with Gasteiger partial charge in [0.1, 0.15) is 5.82 Å². The molecule has 0 aliphatic rings. The van der Waals surface area contributed by atoms with Crippen molar-refractivity contribution in [2.24, 2.45) is 0 Å². The summed E-state index contributed by atoms with van der Waals surface area (Å²) < 4.78 is 20.9. The molecule has 0 atom stereocenters. The molecule has 166 valence electrons. The summed E-state index contributed by atoms with van der Waals surface area (Å²) in [6, 6.07) is 22.1. The number of hydrogen-bond donors (Lipinski definition) is 1. The molecule has 0 fully saturated rings. The molecule has 3 aromatic carbocycles. The predicted octanol–water partition coefficient (Wildman–Crippen LogP) is 4.59. The number of ether oxygens (including phenoxy) is 1. The molecule has 33 heavy (non-hydrogen) atoms. The number of hydrogen-bond acceptors (Lipinski definition) is 6. The lowest BCUT2D eigenvalue weighted by atomic mass is 10.2. The summed E-state index contributed by atoms with van der Waals surface area (Å²) >= 11 is 1.17. The lowest BCUT2D eigenvalue weighted by Crippen LogP contribution is -2.15. The smallest absolute Gasteiger partial charge is 0.337 e. The van der Waals surface area contributed by atoms with Gasteiger partial charge in [-0.15, -0.1) is 10.2 Å². The SMILES string of the molecule is COC(=O)c1cccc(NC(=O)CSc2nnc(-c3ccccc3F)n2-c2ccccc2)c1. The minimum atomic E-state index is -0.489. The van der Waals surface area contributed by atoms with Gasteiger partial charge in [0.25, 0.3) is 0 Å². The van der Waals surface area contributed by atoms with E-state index in [1.807, 2.05) is 30.3 Å². The van der Waals surface area contributed by atoms with E-state index in [-0.39, 0.29) is 11.7 Å². The number of carbonyl (C=O) groups excluding carboxylic acids is 2. The number of thioether (sulfide) groups is 1. The number of nitrogens with one attached hydrogen (secondary N) is 1. The third kappa shape index (κ3) is 5.09. The molecular formula is C24H19FN4O3S. The van der Waals surface area contributed by atoms with Crippen LogP contribution in [0, 0.1) is 5.82 Å². The van der Waals surface area contributed by atoms with Crippen LogP contribution in [0.5, 0.6) is 0 Å². The van der Waals surface area contributed by atoms with E-state index in [1.165, 1.54) is 31.0 Å². The molecule has 0 aliphatic carbocycles. The fourth-order valence-electron chi connectivity index (χ4n) is 3.16. The van der Waals surface area contributed by atoms with Crippen LogP contribution in [0.1, 0.15) is 10.4 Å². The molecule has 9 heteroatoms. The van der Waals surface area contributed by atoms with E-state index >= 15 is 0 Å². The Balaban J connectivity index is 1.56. The average molecular weight is 463 g/mol. The van der Waals surface area contributed by atoms with Crippen LogP contribution < -0.4 is 5.32 Å². The van der Waals surface area contributed by atoms with Crippen LogP contribution in [0.4, 0.5) is 10.1 Å². The first kappa shape index (κ1) is 22.2. The molecule has 0 spiro atoms. The van der Waals surface area contributed by atoms with Gasteiger partial charge in [0.2, 0.25) is 5.91 Å². The van der Waals surface area contributed by atoms with Crippen LogP contribution in [-0.4, -0.2) is 39.5 Å². The van der Waals surface area contributed by atoms with Crippen LogP contribution in [-0.2, 0) is 9.53 Å². The van der Waals surface area contributed by atoms with E-state index in [2.05, 4.69) is 15.5 Å². The molecule has 1 amide bonds. The fraction of sp³-hybridized carbons (Fsp3) is 0.0833. The lowest BCUT2D eigenvalue weighted by Gasteiger charge is -2.11. The Hall–Kier alpha value is -3.98. The standard InChI is InChI=1S/C24H19FN4O3S/c1-32-23(31)16-8-7-9-17(14-16)26-21(30)15-33-24-28-27-22(19-12-5-6-13-20(19)25)29(24)18-10-3-2-4-11-18/h2-14H,15H2,1H3,(H,26,30). The summed E-state index contributed by atoms with van der Waals surface area (Å²) in [4.78, 5) is 24.2. The summed E-state index contributed by atoms with van der Waals surface area (Å²) in [6.45, 7) is 0. The molecule has 0 saturated carbocycles. The number of halogens is 1. The monoisotopic (exact) mass is 462 g/mol. The van der Waals surface area contributed by atoms with Gasteiger partial charge in [-0.25, -0.2) is 9.18 Å². The molecule has 1 heterocycles. The van der Waals surface area contributed by atoms with Crippen molar-refractivity contribution in [1.82, 2.24) is 14.8 Å². The Morgan fingerprint density at radius 2 is 1.76 bits per heavy atom. The third-order valence-corrected chi connectivity index (χ3v) is 5.59. The van der Waals surface area contributed by atoms with Gasteiger partial charge in [-0.1, -0.05) is 48.2 Å². The maximum Gasteiger partial charge on any atom is 0.337 e. The summed E-state index contributed by atoms with van der Waals surface area (Å²) in [5.74, 6) is -0.825. The van der Waals surface area contributed by atoms with E-state index in [9.17, 15) is 14.0 Å². The van der Waals surface area contributed by atoms with E-state index < -0.39 is 11.8 Å². The highest BCUT2D eigenvalue weighted by molar-refractivity contribution is 7.99. The maximum atomic E-state index is 14.5. The molecule has 1 aromatic heterocycles. The summed E-state index contributed by atoms with van der Waals surface area (Å²) in [5.41, 5.74) is 1.86. The van der Waals surface area contributed by atoms with Gasteiger partial charge in [0.05, 0.1) is 24.0 Å². The Labute approximate surface area is 193 Å². The van der Waals surface area contributed by atoms with Crippen LogP contribution in [0.3, 0.4) is 0 Å². The van der Waals surface area contributed by atoms with E-state index in [0.717, 1.165) is 5.69 Å². The highest BCUT2D eigenvalue weighted by atomic mass is 32.2. The first-order valence-electron chi connectivity index (χ1n) is 9.93. The number of carbonyl (C=O) groups is 2. The fourth-order valence-corrected chi connectivity index (χ4v) is 3.91. The van der Waals surface area contributed by atoms with Crippen molar-refractivity contribution < 1.29 is 18.7 Å². The topological polar surface area (TPSA) is 86.1 Å². The number of anilines is 1. The highest BCUT2D eigenvalue weighted by Crippen LogP contribution is 2.29. The van der Waals surface area contributed by atoms with Crippen LogP contribution in [0.2, 0.25) is 0 Å². The molecule has 7 nitrogen and oxygen atoms in total. The maximum absolute atomic E-state index is 14.5.